The van der Waals surface area contributed by atoms with Gasteiger partial charge in [-0.3, -0.25) is 0 Å². The third kappa shape index (κ3) is 3.63. The minimum Gasteiger partial charge on any atom is -0.462 e. The first-order valence-electron chi connectivity index (χ1n) is 6.33. The lowest BCUT2D eigenvalue weighted by Gasteiger charge is -2.06. The smallest absolute Gasteiger partial charge is 0.344 e. The number of hydrogen-bond acceptors (Lipinski definition) is 2. The summed E-state index contributed by atoms with van der Waals surface area (Å²) < 4.78 is 31.6. The zero-order valence-corrected chi connectivity index (χ0v) is 10.8. The summed E-state index contributed by atoms with van der Waals surface area (Å²) in [6.45, 7) is 0.126. The van der Waals surface area contributed by atoms with Gasteiger partial charge in [-0.15, -0.1) is 0 Å². The molecule has 2 nitrogen and oxygen atoms in total. The van der Waals surface area contributed by atoms with Crippen molar-refractivity contribution >= 4 is 5.97 Å². The SMILES string of the molecule is O=C(OCCCc1ccccc1)c1c(F)cccc1F. The summed E-state index contributed by atoms with van der Waals surface area (Å²) >= 11 is 0. The largest absolute Gasteiger partial charge is 0.462 e. The van der Waals surface area contributed by atoms with Gasteiger partial charge in [0, 0.05) is 0 Å². The summed E-state index contributed by atoms with van der Waals surface area (Å²) in [6.07, 6.45) is 1.35. The van der Waals surface area contributed by atoms with Crippen molar-refractivity contribution in [1.29, 1.82) is 0 Å². The average molecular weight is 276 g/mol. The normalized spacial score (nSPS) is 10.3. The van der Waals surface area contributed by atoms with Crippen LogP contribution in [0.15, 0.2) is 48.5 Å². The lowest BCUT2D eigenvalue weighted by Crippen LogP contribution is -2.11. The van der Waals surface area contributed by atoms with Crippen molar-refractivity contribution in [1.82, 2.24) is 0 Å². The predicted molar refractivity (Wildman–Crippen MR) is 71.4 cm³/mol. The van der Waals surface area contributed by atoms with E-state index in [4.69, 9.17) is 4.74 Å². The van der Waals surface area contributed by atoms with E-state index in [2.05, 4.69) is 0 Å². The fourth-order valence-corrected chi connectivity index (χ4v) is 1.85. The van der Waals surface area contributed by atoms with Crippen molar-refractivity contribution in [2.24, 2.45) is 0 Å². The Hall–Kier alpha value is -2.23. The van der Waals surface area contributed by atoms with Gasteiger partial charge in [-0.1, -0.05) is 36.4 Å². The van der Waals surface area contributed by atoms with Gasteiger partial charge in [-0.2, -0.15) is 0 Å². The fraction of sp³-hybridized carbons (Fsp3) is 0.188. The summed E-state index contributed by atoms with van der Waals surface area (Å²) in [5.74, 6) is -2.77. The Labute approximate surface area is 116 Å². The van der Waals surface area contributed by atoms with Crippen LogP contribution < -0.4 is 0 Å². The second-order valence-electron chi connectivity index (χ2n) is 4.32. The molecule has 0 heterocycles. The van der Waals surface area contributed by atoms with Crippen molar-refractivity contribution in [2.75, 3.05) is 6.61 Å². The maximum absolute atomic E-state index is 13.3. The number of ether oxygens (including phenoxy) is 1. The van der Waals surface area contributed by atoms with Crippen LogP contribution in [-0.4, -0.2) is 12.6 Å². The molecule has 2 rings (SSSR count). The van der Waals surface area contributed by atoms with Crippen molar-refractivity contribution < 1.29 is 18.3 Å². The molecule has 0 fully saturated rings. The minimum atomic E-state index is -0.964. The first-order chi connectivity index (χ1) is 9.68. The molecule has 0 aliphatic carbocycles. The molecule has 104 valence electrons. The molecule has 0 saturated heterocycles. The molecule has 0 aromatic heterocycles. The van der Waals surface area contributed by atoms with E-state index in [-0.39, 0.29) is 6.61 Å². The number of halogens is 2. The third-order valence-corrected chi connectivity index (χ3v) is 2.85. The van der Waals surface area contributed by atoms with E-state index in [1.54, 1.807) is 0 Å². The minimum absolute atomic E-state index is 0.126. The Bertz CT molecular complexity index is 562. The number of aryl methyl sites for hydroxylation is 1. The van der Waals surface area contributed by atoms with Crippen LogP contribution in [0, 0.1) is 11.6 Å². The molecule has 2 aromatic carbocycles. The summed E-state index contributed by atoms with van der Waals surface area (Å²) in [5.41, 5.74) is 0.493. The van der Waals surface area contributed by atoms with Gasteiger partial charge < -0.3 is 4.74 Å². The number of carbonyl (C=O) groups is 1. The average Bonchev–Trinajstić information content (AvgIpc) is 2.44. The van der Waals surface area contributed by atoms with E-state index in [1.165, 1.54) is 6.07 Å². The maximum Gasteiger partial charge on any atom is 0.344 e. The second-order valence-corrected chi connectivity index (χ2v) is 4.32. The van der Waals surface area contributed by atoms with Crippen molar-refractivity contribution in [3.05, 3.63) is 71.3 Å². The zero-order valence-electron chi connectivity index (χ0n) is 10.8. The standard InChI is InChI=1S/C16H14F2O2/c17-13-9-4-10-14(18)15(13)16(19)20-11-5-8-12-6-2-1-3-7-12/h1-4,6-7,9-10H,5,8,11H2. The lowest BCUT2D eigenvalue weighted by molar-refractivity contribution is 0.0489. The molecule has 0 aliphatic rings. The highest BCUT2D eigenvalue weighted by atomic mass is 19.1. The molecule has 0 radical (unpaired) electrons. The number of carbonyl (C=O) groups excluding carboxylic acids is 1. The van der Waals surface area contributed by atoms with Crippen molar-refractivity contribution in [2.45, 2.75) is 12.8 Å². The first kappa shape index (κ1) is 14.2. The van der Waals surface area contributed by atoms with Crippen LogP contribution in [0.2, 0.25) is 0 Å². The van der Waals surface area contributed by atoms with Gasteiger partial charge in [0.25, 0.3) is 0 Å². The highest BCUT2D eigenvalue weighted by molar-refractivity contribution is 5.89. The first-order valence-corrected chi connectivity index (χ1v) is 6.33. The van der Waals surface area contributed by atoms with Gasteiger partial charge in [-0.05, 0) is 30.5 Å². The molecule has 0 atom stereocenters. The van der Waals surface area contributed by atoms with Gasteiger partial charge in [0.1, 0.15) is 17.2 Å². The molecular formula is C16H14F2O2. The second kappa shape index (κ2) is 6.80. The maximum atomic E-state index is 13.3. The number of hydrogen-bond donors (Lipinski definition) is 0. The molecule has 4 heteroatoms. The summed E-state index contributed by atoms with van der Waals surface area (Å²) in [4.78, 5) is 11.6. The van der Waals surface area contributed by atoms with Crippen LogP contribution in [0.4, 0.5) is 8.78 Å². The monoisotopic (exact) mass is 276 g/mol. The molecule has 0 aliphatic heterocycles. The lowest BCUT2D eigenvalue weighted by atomic mass is 10.1. The summed E-state index contributed by atoms with van der Waals surface area (Å²) in [6, 6.07) is 13.0. The number of rotatable bonds is 5. The molecule has 0 N–H and O–H groups in total. The molecule has 20 heavy (non-hydrogen) atoms. The van der Waals surface area contributed by atoms with Gasteiger partial charge in [0.2, 0.25) is 0 Å². The topological polar surface area (TPSA) is 26.3 Å². The van der Waals surface area contributed by atoms with Crippen molar-refractivity contribution in [3.63, 3.8) is 0 Å². The molecule has 0 spiro atoms. The summed E-state index contributed by atoms with van der Waals surface area (Å²) in [5, 5.41) is 0. The van der Waals surface area contributed by atoms with Crippen LogP contribution in [0.3, 0.4) is 0 Å². The Balaban J connectivity index is 1.84. The number of esters is 1. The van der Waals surface area contributed by atoms with E-state index >= 15 is 0 Å². The van der Waals surface area contributed by atoms with Crippen LogP contribution in [0.25, 0.3) is 0 Å². The van der Waals surface area contributed by atoms with Crippen molar-refractivity contribution in [3.8, 4) is 0 Å². The number of benzene rings is 2. The zero-order chi connectivity index (χ0) is 14.4. The van der Waals surface area contributed by atoms with Crippen LogP contribution >= 0.6 is 0 Å². The van der Waals surface area contributed by atoms with Gasteiger partial charge in [-0.25, -0.2) is 13.6 Å². The van der Waals surface area contributed by atoms with E-state index < -0.39 is 23.2 Å². The molecular weight excluding hydrogens is 262 g/mol. The van der Waals surface area contributed by atoms with Gasteiger partial charge in [0.05, 0.1) is 6.61 Å². The van der Waals surface area contributed by atoms with E-state index in [0.717, 1.165) is 24.1 Å². The van der Waals surface area contributed by atoms with E-state index in [9.17, 15) is 13.6 Å². The Kier molecular flexibility index (Phi) is 4.82. The Morgan fingerprint density at radius 2 is 1.60 bits per heavy atom. The molecule has 0 saturated carbocycles. The molecule has 0 amide bonds. The molecule has 0 unspecified atom stereocenters. The van der Waals surface area contributed by atoms with Gasteiger partial charge in [0.15, 0.2) is 0 Å². The Morgan fingerprint density at radius 3 is 2.25 bits per heavy atom. The molecule has 0 bridgehead atoms. The summed E-state index contributed by atoms with van der Waals surface area (Å²) in [7, 11) is 0. The van der Waals surface area contributed by atoms with Gasteiger partial charge >= 0.3 is 5.97 Å². The predicted octanol–water partition coefficient (Wildman–Crippen LogP) is 3.75. The van der Waals surface area contributed by atoms with E-state index in [0.29, 0.717) is 6.42 Å². The molecule has 2 aromatic rings. The van der Waals surface area contributed by atoms with E-state index in [1.807, 2.05) is 30.3 Å². The van der Waals surface area contributed by atoms with Crippen LogP contribution in [0.1, 0.15) is 22.3 Å². The highest BCUT2D eigenvalue weighted by Crippen LogP contribution is 2.13. The fourth-order valence-electron chi connectivity index (χ4n) is 1.85. The third-order valence-electron chi connectivity index (χ3n) is 2.85. The Morgan fingerprint density at radius 1 is 0.950 bits per heavy atom. The van der Waals surface area contributed by atoms with Crippen LogP contribution in [0.5, 0.6) is 0 Å². The highest BCUT2D eigenvalue weighted by Gasteiger charge is 2.18. The van der Waals surface area contributed by atoms with Crippen LogP contribution in [-0.2, 0) is 11.2 Å². The quantitative estimate of drug-likeness (QED) is 0.614.